The van der Waals surface area contributed by atoms with E-state index in [9.17, 15) is 4.39 Å². The third kappa shape index (κ3) is 4.04. The first kappa shape index (κ1) is 13.9. The molecule has 2 unspecified atom stereocenters. The van der Waals surface area contributed by atoms with Crippen LogP contribution >= 0.6 is 27.5 Å². The molecular formula is C12H16BrClFN. The first-order chi connectivity index (χ1) is 7.54. The summed E-state index contributed by atoms with van der Waals surface area (Å²) in [5.74, 6) is 0.831. The summed E-state index contributed by atoms with van der Waals surface area (Å²) in [5.41, 5.74) is 1.06. The lowest BCUT2D eigenvalue weighted by molar-refractivity contribution is 0.429. The lowest BCUT2D eigenvalue weighted by Gasteiger charge is -2.19. The fourth-order valence-corrected chi connectivity index (χ4v) is 1.96. The van der Waals surface area contributed by atoms with E-state index in [-0.39, 0.29) is 5.82 Å². The van der Waals surface area contributed by atoms with E-state index in [2.05, 4.69) is 35.1 Å². The minimum Gasteiger partial charge on any atom is -0.310 e. The second-order valence-electron chi connectivity index (χ2n) is 4.05. The molecular weight excluding hydrogens is 292 g/mol. The average Bonchev–Trinajstić information content (AvgIpc) is 2.29. The zero-order valence-electron chi connectivity index (χ0n) is 9.43. The number of hydrogen-bond acceptors (Lipinski definition) is 1. The highest BCUT2D eigenvalue weighted by molar-refractivity contribution is 9.10. The predicted molar refractivity (Wildman–Crippen MR) is 70.3 cm³/mol. The molecule has 1 rings (SSSR count). The third-order valence-corrected chi connectivity index (χ3v) is 3.80. The molecule has 1 aromatic carbocycles. The molecule has 16 heavy (non-hydrogen) atoms. The molecule has 0 fully saturated rings. The van der Waals surface area contributed by atoms with Crippen molar-refractivity contribution in [3.63, 3.8) is 0 Å². The summed E-state index contributed by atoms with van der Waals surface area (Å²) in [6.45, 7) is 4.93. The predicted octanol–water partition coefficient (Wildman–Crippen LogP) is 3.94. The molecule has 90 valence electrons. The number of hydrogen-bond donors (Lipinski definition) is 1. The van der Waals surface area contributed by atoms with Crippen molar-refractivity contribution >= 4 is 27.5 Å². The maximum Gasteiger partial charge on any atom is 0.137 e. The van der Waals surface area contributed by atoms with E-state index in [0.717, 1.165) is 12.1 Å². The molecule has 1 N–H and O–H groups in total. The van der Waals surface area contributed by atoms with Crippen molar-refractivity contribution in [3.05, 3.63) is 34.1 Å². The Morgan fingerprint density at radius 1 is 1.44 bits per heavy atom. The molecule has 0 aliphatic rings. The zero-order chi connectivity index (χ0) is 12.1. The van der Waals surface area contributed by atoms with Gasteiger partial charge in [0.25, 0.3) is 0 Å². The Bertz CT molecular complexity index is 346. The van der Waals surface area contributed by atoms with Gasteiger partial charge in [0.1, 0.15) is 5.82 Å². The summed E-state index contributed by atoms with van der Waals surface area (Å²) < 4.78 is 13.5. The van der Waals surface area contributed by atoms with E-state index in [0.29, 0.717) is 22.3 Å². The van der Waals surface area contributed by atoms with Crippen molar-refractivity contribution in [2.24, 2.45) is 5.92 Å². The summed E-state index contributed by atoms with van der Waals surface area (Å²) in [4.78, 5) is 0. The molecule has 0 saturated heterocycles. The van der Waals surface area contributed by atoms with Gasteiger partial charge in [-0.15, -0.1) is 11.6 Å². The van der Waals surface area contributed by atoms with Crippen LogP contribution in [0.25, 0.3) is 0 Å². The largest absolute Gasteiger partial charge is 0.310 e. The average molecular weight is 309 g/mol. The van der Waals surface area contributed by atoms with Crippen LogP contribution < -0.4 is 5.32 Å². The number of halogens is 3. The molecule has 0 bridgehead atoms. The van der Waals surface area contributed by atoms with E-state index < -0.39 is 0 Å². The van der Waals surface area contributed by atoms with E-state index >= 15 is 0 Å². The minimum atomic E-state index is -0.231. The smallest absolute Gasteiger partial charge is 0.137 e. The van der Waals surface area contributed by atoms with Gasteiger partial charge < -0.3 is 5.32 Å². The van der Waals surface area contributed by atoms with Crippen LogP contribution in [-0.2, 0) is 6.54 Å². The quantitative estimate of drug-likeness (QED) is 0.812. The van der Waals surface area contributed by atoms with Crippen molar-refractivity contribution in [2.45, 2.75) is 26.4 Å². The molecule has 0 aromatic heterocycles. The summed E-state index contributed by atoms with van der Waals surface area (Å²) >= 11 is 8.95. The molecule has 0 spiro atoms. The lowest BCUT2D eigenvalue weighted by Crippen LogP contribution is -2.32. The summed E-state index contributed by atoms with van der Waals surface area (Å²) in [6.07, 6.45) is 0. The number of nitrogens with one attached hydrogen (secondary N) is 1. The highest BCUT2D eigenvalue weighted by atomic mass is 79.9. The Kier molecular flexibility index (Phi) is 5.73. The standard InChI is InChI=1S/C12H16BrClFN/c1-8(6-14)9(2)16-7-10-3-4-12(15)11(13)5-10/h3-5,8-9,16H,6-7H2,1-2H3. The fourth-order valence-electron chi connectivity index (χ4n) is 1.26. The van der Waals surface area contributed by atoms with Crippen molar-refractivity contribution in [1.82, 2.24) is 5.32 Å². The normalized spacial score (nSPS) is 14.8. The van der Waals surface area contributed by atoms with Crippen LogP contribution in [0.3, 0.4) is 0 Å². The lowest BCUT2D eigenvalue weighted by atomic mass is 10.1. The molecule has 0 radical (unpaired) electrons. The SMILES string of the molecule is CC(CCl)C(C)NCc1ccc(F)c(Br)c1. The molecule has 0 amide bonds. The number of alkyl halides is 1. The van der Waals surface area contributed by atoms with E-state index in [1.165, 1.54) is 6.07 Å². The van der Waals surface area contributed by atoms with Crippen LogP contribution in [0.5, 0.6) is 0 Å². The summed E-state index contributed by atoms with van der Waals surface area (Å²) in [6, 6.07) is 5.39. The van der Waals surface area contributed by atoms with Crippen LogP contribution in [0, 0.1) is 11.7 Å². The van der Waals surface area contributed by atoms with Crippen molar-refractivity contribution in [2.75, 3.05) is 5.88 Å². The molecule has 1 nitrogen and oxygen atoms in total. The van der Waals surface area contributed by atoms with Gasteiger partial charge in [0.2, 0.25) is 0 Å². The highest BCUT2D eigenvalue weighted by Crippen LogP contribution is 2.17. The maximum atomic E-state index is 13.0. The summed E-state index contributed by atoms with van der Waals surface area (Å²) in [7, 11) is 0. The zero-order valence-corrected chi connectivity index (χ0v) is 11.8. The van der Waals surface area contributed by atoms with Crippen molar-refractivity contribution in [3.8, 4) is 0 Å². The Morgan fingerprint density at radius 2 is 2.12 bits per heavy atom. The second kappa shape index (κ2) is 6.58. The Hall–Kier alpha value is -0.120. The Balaban J connectivity index is 2.51. The highest BCUT2D eigenvalue weighted by Gasteiger charge is 2.10. The van der Waals surface area contributed by atoms with Gasteiger partial charge in [-0.2, -0.15) is 0 Å². The van der Waals surface area contributed by atoms with E-state index in [1.807, 2.05) is 0 Å². The van der Waals surface area contributed by atoms with Crippen LogP contribution in [0.15, 0.2) is 22.7 Å². The number of rotatable bonds is 5. The van der Waals surface area contributed by atoms with Gasteiger partial charge in [0, 0.05) is 18.5 Å². The first-order valence-corrected chi connectivity index (χ1v) is 6.60. The van der Waals surface area contributed by atoms with E-state index in [4.69, 9.17) is 11.6 Å². The van der Waals surface area contributed by atoms with Gasteiger partial charge in [-0.3, -0.25) is 0 Å². The molecule has 0 aliphatic heterocycles. The Labute approximate surface area is 110 Å². The first-order valence-electron chi connectivity index (χ1n) is 5.28. The fraction of sp³-hybridized carbons (Fsp3) is 0.500. The van der Waals surface area contributed by atoms with Gasteiger partial charge in [-0.05, 0) is 46.5 Å². The van der Waals surface area contributed by atoms with Crippen LogP contribution in [-0.4, -0.2) is 11.9 Å². The van der Waals surface area contributed by atoms with Crippen molar-refractivity contribution in [1.29, 1.82) is 0 Å². The molecule has 0 aliphatic carbocycles. The summed E-state index contributed by atoms with van der Waals surface area (Å²) in [5, 5.41) is 3.37. The van der Waals surface area contributed by atoms with Gasteiger partial charge >= 0.3 is 0 Å². The van der Waals surface area contributed by atoms with Crippen LogP contribution in [0.4, 0.5) is 4.39 Å². The van der Waals surface area contributed by atoms with Crippen molar-refractivity contribution < 1.29 is 4.39 Å². The van der Waals surface area contributed by atoms with Gasteiger partial charge in [0.15, 0.2) is 0 Å². The monoisotopic (exact) mass is 307 g/mol. The molecule has 0 saturated carbocycles. The van der Waals surface area contributed by atoms with Gasteiger partial charge in [-0.25, -0.2) is 4.39 Å². The van der Waals surface area contributed by atoms with Crippen LogP contribution in [0.1, 0.15) is 19.4 Å². The third-order valence-electron chi connectivity index (χ3n) is 2.71. The number of benzene rings is 1. The van der Waals surface area contributed by atoms with E-state index in [1.54, 1.807) is 12.1 Å². The topological polar surface area (TPSA) is 12.0 Å². The molecule has 1 aromatic rings. The van der Waals surface area contributed by atoms with Crippen LogP contribution in [0.2, 0.25) is 0 Å². The molecule has 4 heteroatoms. The van der Waals surface area contributed by atoms with Gasteiger partial charge in [0.05, 0.1) is 4.47 Å². The molecule has 0 heterocycles. The molecule has 2 atom stereocenters. The maximum absolute atomic E-state index is 13.0. The van der Waals surface area contributed by atoms with Gasteiger partial charge in [-0.1, -0.05) is 13.0 Å². The second-order valence-corrected chi connectivity index (χ2v) is 5.21. The Morgan fingerprint density at radius 3 is 2.69 bits per heavy atom. The minimum absolute atomic E-state index is 0.231.